The third-order valence-corrected chi connectivity index (χ3v) is 4.55. The highest BCUT2D eigenvalue weighted by atomic mass is 32.1. The van der Waals surface area contributed by atoms with Crippen molar-refractivity contribution >= 4 is 16.7 Å². The van der Waals surface area contributed by atoms with Gasteiger partial charge < -0.3 is 5.32 Å². The third-order valence-electron chi connectivity index (χ3n) is 3.89. The molecular formula is C13H21N3S. The Labute approximate surface area is 107 Å². The maximum Gasteiger partial charge on any atom is 0.202 e. The van der Waals surface area contributed by atoms with Crippen LogP contribution in [0.3, 0.4) is 0 Å². The lowest BCUT2D eigenvalue weighted by molar-refractivity contribution is 0.281. The predicted octanol–water partition coefficient (Wildman–Crippen LogP) is 3.65. The van der Waals surface area contributed by atoms with E-state index in [1.54, 1.807) is 11.5 Å². The lowest BCUT2D eigenvalue weighted by Gasteiger charge is -2.31. The van der Waals surface area contributed by atoms with Crippen molar-refractivity contribution in [3.8, 4) is 0 Å². The normalized spacial score (nSPS) is 33.6. The molecule has 0 aliphatic heterocycles. The van der Waals surface area contributed by atoms with E-state index in [-0.39, 0.29) is 0 Å². The number of nitrogens with zero attached hydrogens (tertiary/aromatic N) is 2. The Balaban J connectivity index is 1.60. The molecule has 1 aromatic heterocycles. The Morgan fingerprint density at radius 1 is 1.12 bits per heavy atom. The highest BCUT2D eigenvalue weighted by molar-refractivity contribution is 7.09. The molecule has 3 rings (SSSR count). The van der Waals surface area contributed by atoms with Crippen LogP contribution in [0.1, 0.15) is 57.7 Å². The predicted molar refractivity (Wildman–Crippen MR) is 71.5 cm³/mol. The first kappa shape index (κ1) is 11.5. The van der Waals surface area contributed by atoms with E-state index in [9.17, 15) is 0 Å². The highest BCUT2D eigenvalue weighted by Crippen LogP contribution is 2.39. The van der Waals surface area contributed by atoms with Crippen molar-refractivity contribution in [2.24, 2.45) is 11.8 Å². The Kier molecular flexibility index (Phi) is 3.07. The monoisotopic (exact) mass is 251 g/mol. The van der Waals surface area contributed by atoms with Crippen molar-refractivity contribution < 1.29 is 0 Å². The second kappa shape index (κ2) is 4.56. The molecule has 2 aliphatic rings. The standard InChI is InChI=1S/C13H21N3S/c1-8-5-9(2)7-11(6-8)14-13-15-12(16-17-13)10-3-4-10/h8-11H,3-7H2,1-2H3,(H,14,15,16). The van der Waals surface area contributed by atoms with Gasteiger partial charge in [0.15, 0.2) is 0 Å². The van der Waals surface area contributed by atoms with Crippen molar-refractivity contribution in [3.63, 3.8) is 0 Å². The summed E-state index contributed by atoms with van der Waals surface area (Å²) in [6.07, 6.45) is 6.51. The second-order valence-corrected chi connectivity index (χ2v) is 6.74. The molecule has 4 heteroatoms. The van der Waals surface area contributed by atoms with E-state index in [1.165, 1.54) is 32.1 Å². The Morgan fingerprint density at radius 3 is 2.47 bits per heavy atom. The smallest absolute Gasteiger partial charge is 0.202 e. The van der Waals surface area contributed by atoms with Gasteiger partial charge in [0, 0.05) is 23.5 Å². The molecule has 0 amide bonds. The van der Waals surface area contributed by atoms with E-state index in [0.29, 0.717) is 12.0 Å². The molecule has 2 aliphatic carbocycles. The number of rotatable bonds is 3. The summed E-state index contributed by atoms with van der Waals surface area (Å²) < 4.78 is 4.45. The van der Waals surface area contributed by atoms with Crippen LogP contribution >= 0.6 is 11.5 Å². The zero-order valence-electron chi connectivity index (χ0n) is 10.6. The summed E-state index contributed by atoms with van der Waals surface area (Å²) in [5, 5.41) is 4.63. The summed E-state index contributed by atoms with van der Waals surface area (Å²) in [5.41, 5.74) is 0. The number of anilines is 1. The van der Waals surface area contributed by atoms with E-state index in [1.807, 2.05) is 0 Å². The molecule has 0 radical (unpaired) electrons. The SMILES string of the molecule is CC1CC(C)CC(Nc2nc(C3CC3)ns2)C1. The topological polar surface area (TPSA) is 37.8 Å². The molecule has 2 fully saturated rings. The maximum atomic E-state index is 4.61. The fourth-order valence-corrected chi connectivity index (χ4v) is 3.76. The van der Waals surface area contributed by atoms with Crippen LogP contribution in [0.5, 0.6) is 0 Å². The van der Waals surface area contributed by atoms with E-state index in [2.05, 4.69) is 28.5 Å². The zero-order chi connectivity index (χ0) is 11.8. The third kappa shape index (κ3) is 2.79. The summed E-state index contributed by atoms with van der Waals surface area (Å²) in [7, 11) is 0. The van der Waals surface area contributed by atoms with Gasteiger partial charge in [0.25, 0.3) is 0 Å². The van der Waals surface area contributed by atoms with Crippen LogP contribution in [0.2, 0.25) is 0 Å². The average Bonchev–Trinajstić information content (AvgIpc) is 2.99. The molecule has 0 saturated heterocycles. The minimum absolute atomic E-state index is 0.605. The van der Waals surface area contributed by atoms with Crippen LogP contribution in [-0.2, 0) is 0 Å². The van der Waals surface area contributed by atoms with Crippen molar-refractivity contribution in [2.75, 3.05) is 5.32 Å². The van der Waals surface area contributed by atoms with E-state index < -0.39 is 0 Å². The van der Waals surface area contributed by atoms with Crippen molar-refractivity contribution in [2.45, 2.75) is 57.9 Å². The molecular weight excluding hydrogens is 230 g/mol. The highest BCUT2D eigenvalue weighted by Gasteiger charge is 2.29. The summed E-state index contributed by atoms with van der Waals surface area (Å²) in [5.74, 6) is 3.43. The maximum absolute atomic E-state index is 4.61. The molecule has 1 N–H and O–H groups in total. The van der Waals surface area contributed by atoms with E-state index in [4.69, 9.17) is 0 Å². The summed E-state index contributed by atoms with van der Waals surface area (Å²) in [4.78, 5) is 4.61. The molecule has 17 heavy (non-hydrogen) atoms. The lowest BCUT2D eigenvalue weighted by atomic mass is 9.80. The largest absolute Gasteiger partial charge is 0.358 e. The molecule has 2 saturated carbocycles. The first-order valence-corrected chi connectivity index (χ1v) is 7.58. The number of hydrogen-bond donors (Lipinski definition) is 1. The van der Waals surface area contributed by atoms with Crippen LogP contribution in [-0.4, -0.2) is 15.4 Å². The molecule has 1 aromatic rings. The van der Waals surface area contributed by atoms with Crippen molar-refractivity contribution in [1.29, 1.82) is 0 Å². The van der Waals surface area contributed by atoms with Gasteiger partial charge in [-0.05, 0) is 43.9 Å². The average molecular weight is 251 g/mol. The Morgan fingerprint density at radius 2 is 1.82 bits per heavy atom. The second-order valence-electron chi connectivity index (χ2n) is 5.99. The Hall–Kier alpha value is -0.640. The van der Waals surface area contributed by atoms with Gasteiger partial charge in [0.05, 0.1) is 0 Å². The summed E-state index contributed by atoms with van der Waals surface area (Å²) in [6.45, 7) is 4.72. The molecule has 1 heterocycles. The molecule has 2 unspecified atom stereocenters. The van der Waals surface area contributed by atoms with Gasteiger partial charge in [-0.3, -0.25) is 0 Å². The molecule has 2 atom stereocenters. The van der Waals surface area contributed by atoms with Gasteiger partial charge >= 0.3 is 0 Å². The quantitative estimate of drug-likeness (QED) is 0.891. The van der Waals surface area contributed by atoms with Crippen molar-refractivity contribution in [1.82, 2.24) is 9.36 Å². The molecule has 3 nitrogen and oxygen atoms in total. The minimum atomic E-state index is 0.605. The Bertz CT molecular complexity index is 376. The van der Waals surface area contributed by atoms with Gasteiger partial charge in [0.1, 0.15) is 5.82 Å². The molecule has 94 valence electrons. The van der Waals surface area contributed by atoms with Crippen molar-refractivity contribution in [3.05, 3.63) is 5.82 Å². The van der Waals surface area contributed by atoms with Crippen LogP contribution < -0.4 is 5.32 Å². The van der Waals surface area contributed by atoms with Gasteiger partial charge in [-0.15, -0.1) is 0 Å². The van der Waals surface area contributed by atoms with Crippen LogP contribution in [0.4, 0.5) is 5.13 Å². The van der Waals surface area contributed by atoms with Crippen LogP contribution in [0, 0.1) is 11.8 Å². The zero-order valence-corrected chi connectivity index (χ0v) is 11.5. The fraction of sp³-hybridized carbons (Fsp3) is 0.846. The molecule has 0 aromatic carbocycles. The molecule has 0 spiro atoms. The molecule has 0 bridgehead atoms. The minimum Gasteiger partial charge on any atom is -0.358 e. The lowest BCUT2D eigenvalue weighted by Crippen LogP contribution is -2.30. The van der Waals surface area contributed by atoms with Crippen LogP contribution in [0.15, 0.2) is 0 Å². The number of hydrogen-bond acceptors (Lipinski definition) is 4. The van der Waals surface area contributed by atoms with Gasteiger partial charge in [0.2, 0.25) is 5.13 Å². The van der Waals surface area contributed by atoms with Gasteiger partial charge in [-0.25, -0.2) is 4.98 Å². The number of aromatic nitrogens is 2. The van der Waals surface area contributed by atoms with Gasteiger partial charge in [-0.1, -0.05) is 13.8 Å². The van der Waals surface area contributed by atoms with E-state index in [0.717, 1.165) is 22.8 Å². The summed E-state index contributed by atoms with van der Waals surface area (Å²) in [6, 6.07) is 0.605. The fourth-order valence-electron chi connectivity index (χ4n) is 3.04. The first-order chi connectivity index (χ1) is 8.20. The number of nitrogens with one attached hydrogen (secondary N) is 1. The first-order valence-electron chi connectivity index (χ1n) is 6.81. The summed E-state index contributed by atoms with van der Waals surface area (Å²) >= 11 is 1.54. The van der Waals surface area contributed by atoms with E-state index >= 15 is 0 Å². The van der Waals surface area contributed by atoms with Crippen LogP contribution in [0.25, 0.3) is 0 Å². The van der Waals surface area contributed by atoms with Gasteiger partial charge in [-0.2, -0.15) is 4.37 Å².